The molecule has 0 radical (unpaired) electrons. The van der Waals surface area contributed by atoms with E-state index < -0.39 is 0 Å². The molecule has 0 saturated carbocycles. The lowest BCUT2D eigenvalue weighted by atomic mass is 10.1. The Labute approximate surface area is 179 Å². The highest BCUT2D eigenvalue weighted by Gasteiger charge is 2.18. The molecule has 6 nitrogen and oxygen atoms in total. The number of rotatable bonds is 9. The quantitative estimate of drug-likeness (QED) is 0.666. The predicted octanol–water partition coefficient (Wildman–Crippen LogP) is 2.90. The van der Waals surface area contributed by atoms with Crippen molar-refractivity contribution in [3.63, 3.8) is 0 Å². The molecule has 1 N–H and O–H groups in total. The number of piperazine rings is 1. The lowest BCUT2D eigenvalue weighted by Gasteiger charge is -2.34. The molecule has 3 rings (SSSR count). The lowest BCUT2D eigenvalue weighted by Crippen LogP contribution is -2.46. The van der Waals surface area contributed by atoms with Crippen LogP contribution in [-0.2, 0) is 11.3 Å². The van der Waals surface area contributed by atoms with Crippen molar-refractivity contribution >= 4 is 22.6 Å². The van der Waals surface area contributed by atoms with Crippen molar-refractivity contribution < 1.29 is 9.47 Å². The normalized spacial score (nSPS) is 18.1. The van der Waals surface area contributed by atoms with Gasteiger partial charge in [0.2, 0.25) is 0 Å². The number of nitrogens with one attached hydrogen (secondary N) is 1. The SMILES string of the molecule is C=C(NC1=NCCS1)c1cc(CN2CCN(CCOC)CC2)cc(OC(C)C)c1. The van der Waals surface area contributed by atoms with E-state index in [9.17, 15) is 0 Å². The minimum absolute atomic E-state index is 0.137. The van der Waals surface area contributed by atoms with E-state index in [1.165, 1.54) is 5.56 Å². The van der Waals surface area contributed by atoms with Crippen LogP contribution in [0.15, 0.2) is 29.8 Å². The Bertz CT molecular complexity index is 715. The van der Waals surface area contributed by atoms with Gasteiger partial charge in [0.1, 0.15) is 5.75 Å². The van der Waals surface area contributed by atoms with Gasteiger partial charge >= 0.3 is 0 Å². The molecule has 0 atom stereocenters. The zero-order valence-corrected chi connectivity index (χ0v) is 18.8. The van der Waals surface area contributed by atoms with Crippen LogP contribution >= 0.6 is 11.8 Å². The van der Waals surface area contributed by atoms with Gasteiger partial charge in [-0.2, -0.15) is 0 Å². The molecule has 0 spiro atoms. The third-order valence-corrected chi connectivity index (χ3v) is 5.90. The Morgan fingerprint density at radius 2 is 1.97 bits per heavy atom. The molecule has 1 fully saturated rings. The number of aliphatic imine (C=N–C) groups is 1. The van der Waals surface area contributed by atoms with Crippen LogP contribution in [0, 0.1) is 0 Å². The van der Waals surface area contributed by atoms with Crippen LogP contribution in [0.1, 0.15) is 25.0 Å². The molecule has 1 aromatic carbocycles. The Kier molecular flexibility index (Phi) is 8.41. The minimum atomic E-state index is 0.137. The second-order valence-electron chi connectivity index (χ2n) is 7.78. The number of benzene rings is 1. The number of hydrogen-bond acceptors (Lipinski definition) is 7. The van der Waals surface area contributed by atoms with E-state index in [2.05, 4.69) is 58.7 Å². The zero-order valence-electron chi connectivity index (χ0n) is 17.9. The average Bonchev–Trinajstić information content (AvgIpc) is 3.20. The Morgan fingerprint density at radius 1 is 1.21 bits per heavy atom. The zero-order chi connectivity index (χ0) is 20.6. The number of thioether (sulfide) groups is 1. The molecule has 2 aliphatic heterocycles. The van der Waals surface area contributed by atoms with E-state index in [1.807, 2.05) is 0 Å². The van der Waals surface area contributed by atoms with Gasteiger partial charge < -0.3 is 14.8 Å². The number of nitrogens with zero attached hydrogens (tertiary/aromatic N) is 3. The third kappa shape index (κ3) is 7.03. The van der Waals surface area contributed by atoms with Crippen molar-refractivity contribution in [3.05, 3.63) is 35.9 Å². The van der Waals surface area contributed by atoms with E-state index in [-0.39, 0.29) is 6.10 Å². The molecule has 0 aromatic heterocycles. The first kappa shape index (κ1) is 22.2. The van der Waals surface area contributed by atoms with Gasteiger partial charge in [-0.15, -0.1) is 0 Å². The van der Waals surface area contributed by atoms with Crippen LogP contribution in [0.5, 0.6) is 5.75 Å². The second-order valence-corrected chi connectivity index (χ2v) is 8.87. The summed E-state index contributed by atoms with van der Waals surface area (Å²) in [6.07, 6.45) is 0.137. The Hall–Kier alpha value is -1.54. The first-order chi connectivity index (χ1) is 14.0. The summed E-state index contributed by atoms with van der Waals surface area (Å²) in [5.41, 5.74) is 3.19. The highest BCUT2D eigenvalue weighted by Crippen LogP contribution is 2.24. The standard InChI is InChI=1S/C22H34N4O2S/c1-17(2)28-21-14-19(16-26-8-6-25(7-9-26)10-11-27-4)13-20(15-21)18(3)24-22-23-5-12-29-22/h13-15,17H,3,5-12,16H2,1-2,4H3,(H,23,24). The van der Waals surface area contributed by atoms with Crippen LogP contribution in [0.25, 0.3) is 5.70 Å². The molecule has 2 aliphatic rings. The maximum absolute atomic E-state index is 6.02. The topological polar surface area (TPSA) is 49.3 Å². The maximum Gasteiger partial charge on any atom is 0.161 e. The number of methoxy groups -OCH3 is 1. The van der Waals surface area contributed by atoms with Crippen molar-refractivity contribution in [2.45, 2.75) is 26.5 Å². The van der Waals surface area contributed by atoms with Crippen molar-refractivity contribution in [2.24, 2.45) is 4.99 Å². The molecule has 0 bridgehead atoms. The fourth-order valence-electron chi connectivity index (χ4n) is 3.53. The molecule has 29 heavy (non-hydrogen) atoms. The lowest BCUT2D eigenvalue weighted by molar-refractivity contribution is 0.0937. The molecule has 0 amide bonds. The molecule has 0 aliphatic carbocycles. The molecule has 160 valence electrons. The van der Waals surface area contributed by atoms with Gasteiger partial charge in [-0.05, 0) is 37.6 Å². The van der Waals surface area contributed by atoms with Gasteiger partial charge in [0.25, 0.3) is 0 Å². The fraction of sp³-hybridized carbons (Fsp3) is 0.591. The molecule has 7 heteroatoms. The van der Waals surface area contributed by atoms with Crippen molar-refractivity contribution in [3.8, 4) is 5.75 Å². The van der Waals surface area contributed by atoms with Gasteiger partial charge in [0.15, 0.2) is 5.17 Å². The highest BCUT2D eigenvalue weighted by atomic mass is 32.2. The van der Waals surface area contributed by atoms with E-state index in [0.29, 0.717) is 0 Å². The van der Waals surface area contributed by atoms with Gasteiger partial charge in [-0.25, -0.2) is 0 Å². The molecule has 1 saturated heterocycles. The van der Waals surface area contributed by atoms with Gasteiger partial charge in [0, 0.05) is 63.4 Å². The third-order valence-electron chi connectivity index (χ3n) is 5.01. The number of ether oxygens (including phenoxy) is 2. The minimum Gasteiger partial charge on any atom is -0.491 e. The highest BCUT2D eigenvalue weighted by molar-refractivity contribution is 8.14. The predicted molar refractivity (Wildman–Crippen MR) is 123 cm³/mol. The van der Waals surface area contributed by atoms with E-state index in [0.717, 1.165) is 80.4 Å². The van der Waals surface area contributed by atoms with Crippen molar-refractivity contribution in [2.75, 3.05) is 58.7 Å². The summed E-state index contributed by atoms with van der Waals surface area (Å²) < 4.78 is 11.2. The molecule has 1 aromatic rings. The van der Waals surface area contributed by atoms with Crippen LogP contribution in [-0.4, -0.2) is 79.8 Å². The molecular weight excluding hydrogens is 384 g/mol. The number of amidine groups is 1. The monoisotopic (exact) mass is 418 g/mol. The Morgan fingerprint density at radius 3 is 2.62 bits per heavy atom. The number of hydrogen-bond donors (Lipinski definition) is 1. The smallest absolute Gasteiger partial charge is 0.161 e. The van der Waals surface area contributed by atoms with E-state index >= 15 is 0 Å². The first-order valence-corrected chi connectivity index (χ1v) is 11.4. The van der Waals surface area contributed by atoms with Crippen molar-refractivity contribution in [1.82, 2.24) is 15.1 Å². The van der Waals surface area contributed by atoms with E-state index in [4.69, 9.17) is 9.47 Å². The summed E-state index contributed by atoms with van der Waals surface area (Å²) in [4.78, 5) is 9.45. The van der Waals surface area contributed by atoms with Crippen LogP contribution < -0.4 is 10.1 Å². The summed E-state index contributed by atoms with van der Waals surface area (Å²) in [6.45, 7) is 16.3. The summed E-state index contributed by atoms with van der Waals surface area (Å²) in [5, 5.41) is 4.32. The van der Waals surface area contributed by atoms with Crippen LogP contribution in [0.2, 0.25) is 0 Å². The van der Waals surface area contributed by atoms with E-state index in [1.54, 1.807) is 18.9 Å². The summed E-state index contributed by atoms with van der Waals surface area (Å²) >= 11 is 1.74. The van der Waals surface area contributed by atoms with Crippen molar-refractivity contribution in [1.29, 1.82) is 0 Å². The van der Waals surface area contributed by atoms with Gasteiger partial charge in [-0.1, -0.05) is 18.3 Å². The molecule has 2 heterocycles. The molecule has 0 unspecified atom stereocenters. The van der Waals surface area contributed by atoms with Crippen LogP contribution in [0.3, 0.4) is 0 Å². The summed E-state index contributed by atoms with van der Waals surface area (Å²) in [5.74, 6) is 1.93. The van der Waals surface area contributed by atoms with Crippen LogP contribution in [0.4, 0.5) is 0 Å². The average molecular weight is 419 g/mol. The van der Waals surface area contributed by atoms with Gasteiger partial charge in [-0.3, -0.25) is 14.8 Å². The fourth-order valence-corrected chi connectivity index (χ4v) is 4.28. The molecular formula is C22H34N4O2S. The summed E-state index contributed by atoms with van der Waals surface area (Å²) in [6, 6.07) is 6.46. The Balaban J connectivity index is 1.66. The maximum atomic E-state index is 6.02. The second kappa shape index (κ2) is 11.0. The summed E-state index contributed by atoms with van der Waals surface area (Å²) in [7, 11) is 1.76. The largest absolute Gasteiger partial charge is 0.491 e. The van der Waals surface area contributed by atoms with Gasteiger partial charge in [0.05, 0.1) is 19.3 Å². The first-order valence-electron chi connectivity index (χ1n) is 10.4.